The molecule has 27 heavy (non-hydrogen) atoms. The Morgan fingerprint density at radius 2 is 1.00 bits per heavy atom. The lowest BCUT2D eigenvalue weighted by molar-refractivity contribution is 0.00379. The molecule has 0 saturated heterocycles. The average molecular weight is 407 g/mol. The van der Waals surface area contributed by atoms with Gasteiger partial charge in [-0.25, -0.2) is 16.8 Å². The van der Waals surface area contributed by atoms with Crippen LogP contribution in [-0.4, -0.2) is 26.0 Å². The molecule has 0 aliphatic rings. The Kier molecular flexibility index (Phi) is 5.48. The summed E-state index contributed by atoms with van der Waals surface area (Å²) < 4.78 is 51.0. The van der Waals surface area contributed by atoms with E-state index in [4.69, 9.17) is 0 Å². The van der Waals surface area contributed by atoms with Crippen LogP contribution in [0.2, 0.25) is 0 Å². The molecule has 0 radical (unpaired) electrons. The minimum Gasteiger partial charge on any atom is -0.359 e. The summed E-state index contributed by atoms with van der Waals surface area (Å²) in [5.41, 5.74) is 13.4. The van der Waals surface area contributed by atoms with Crippen LogP contribution in [0.3, 0.4) is 0 Å². The molecule has 2 aromatic rings. The van der Waals surface area contributed by atoms with E-state index < -0.39 is 24.1 Å². The van der Waals surface area contributed by atoms with Crippen LogP contribution in [0.25, 0.3) is 5.53 Å². The molecule has 0 aromatic heterocycles. The van der Waals surface area contributed by atoms with E-state index in [0.29, 0.717) is 11.1 Å². The Labute approximate surface area is 160 Å². The van der Waals surface area contributed by atoms with Gasteiger partial charge in [0.2, 0.25) is 0 Å². The summed E-state index contributed by atoms with van der Waals surface area (Å²) in [6.45, 7) is 10.4. The van der Waals surface area contributed by atoms with Gasteiger partial charge in [-0.15, -0.1) is 4.79 Å². The van der Waals surface area contributed by atoms with Crippen molar-refractivity contribution < 1.29 is 21.6 Å². The van der Waals surface area contributed by atoms with Gasteiger partial charge >= 0.3 is 4.38 Å². The van der Waals surface area contributed by atoms with Crippen molar-refractivity contribution in [3.63, 3.8) is 0 Å². The molecule has 0 N–H and O–H groups in total. The molecule has 144 valence electrons. The third-order valence-corrected chi connectivity index (χ3v) is 9.58. The van der Waals surface area contributed by atoms with Crippen LogP contribution in [0.15, 0.2) is 34.1 Å². The highest BCUT2D eigenvalue weighted by Crippen LogP contribution is 2.28. The molecular formula is C19H22N2O4S2. The van der Waals surface area contributed by atoms with Gasteiger partial charge in [0.15, 0.2) is 0 Å². The Morgan fingerprint density at radius 1 is 0.667 bits per heavy atom. The first-order valence-corrected chi connectivity index (χ1v) is 11.2. The largest absolute Gasteiger partial charge is 0.504 e. The van der Waals surface area contributed by atoms with E-state index in [0.717, 1.165) is 22.3 Å². The Hall–Kier alpha value is -2.28. The van der Waals surface area contributed by atoms with E-state index in [2.05, 4.69) is 4.79 Å². The highest BCUT2D eigenvalue weighted by Gasteiger charge is 2.45. The maximum absolute atomic E-state index is 13.1. The van der Waals surface area contributed by atoms with Crippen molar-refractivity contribution in [3.05, 3.63) is 63.2 Å². The Morgan fingerprint density at radius 3 is 1.30 bits per heavy atom. The van der Waals surface area contributed by atoms with Crippen LogP contribution < -0.4 is 0 Å². The van der Waals surface area contributed by atoms with E-state index in [-0.39, 0.29) is 9.79 Å². The minimum atomic E-state index is -4.55. The fourth-order valence-corrected chi connectivity index (χ4v) is 6.78. The lowest BCUT2D eigenvalue weighted by atomic mass is 10.1. The van der Waals surface area contributed by atoms with Crippen molar-refractivity contribution in [3.8, 4) is 0 Å². The van der Waals surface area contributed by atoms with Crippen LogP contribution in [-0.2, 0) is 19.7 Å². The summed E-state index contributed by atoms with van der Waals surface area (Å²) in [7, 11) is -9.11. The fraction of sp³-hybridized carbons (Fsp3) is 0.316. The molecule has 0 heterocycles. The highest BCUT2D eigenvalue weighted by atomic mass is 32.3. The molecule has 0 saturated carbocycles. The second kappa shape index (κ2) is 7.03. The lowest BCUT2D eigenvalue weighted by Gasteiger charge is -2.12. The third-order valence-electron chi connectivity index (χ3n) is 5.14. The van der Waals surface area contributed by atoms with Gasteiger partial charge in [-0.1, -0.05) is 12.1 Å². The maximum Gasteiger partial charge on any atom is 0.504 e. The van der Waals surface area contributed by atoms with Gasteiger partial charge in [0.1, 0.15) is 0 Å². The molecule has 2 rings (SSSR count). The molecule has 0 spiro atoms. The molecule has 0 bridgehead atoms. The molecule has 6 nitrogen and oxygen atoms in total. The second-order valence-corrected chi connectivity index (χ2v) is 10.6. The van der Waals surface area contributed by atoms with Crippen molar-refractivity contribution in [1.82, 2.24) is 0 Å². The molecular weight excluding hydrogens is 384 g/mol. The Balaban J connectivity index is 2.79. The predicted octanol–water partition coefficient (Wildman–Crippen LogP) is 3.37. The van der Waals surface area contributed by atoms with Gasteiger partial charge in [-0.2, -0.15) is 0 Å². The predicted molar refractivity (Wildman–Crippen MR) is 104 cm³/mol. The number of hydrogen-bond donors (Lipinski definition) is 0. The number of benzene rings is 2. The van der Waals surface area contributed by atoms with Crippen LogP contribution in [0.5, 0.6) is 0 Å². The van der Waals surface area contributed by atoms with Crippen molar-refractivity contribution >= 4 is 24.1 Å². The van der Waals surface area contributed by atoms with E-state index in [1.165, 1.54) is 12.1 Å². The number of hydrogen-bond acceptors (Lipinski definition) is 4. The van der Waals surface area contributed by atoms with Gasteiger partial charge in [0, 0.05) is 0 Å². The fourth-order valence-electron chi connectivity index (χ4n) is 2.88. The van der Waals surface area contributed by atoms with Crippen molar-refractivity contribution in [2.75, 3.05) is 0 Å². The maximum atomic E-state index is 13.1. The molecule has 0 atom stereocenters. The van der Waals surface area contributed by atoms with E-state index in [9.17, 15) is 22.4 Å². The summed E-state index contributed by atoms with van der Waals surface area (Å²) in [5, 5.41) is 0. The zero-order valence-electron chi connectivity index (χ0n) is 16.2. The second-order valence-electron chi connectivity index (χ2n) is 6.63. The Bertz CT molecular complexity index is 1120. The van der Waals surface area contributed by atoms with Gasteiger partial charge < -0.3 is 5.53 Å². The molecule has 8 heteroatoms. The SMILES string of the molecule is Cc1ccc(S(=O)(=O)C(=[N+]=[N-])S(=O)(=O)c2ccc(C)c(C)c2C)c(C)c1C. The normalized spacial score (nSPS) is 11.9. The smallest absolute Gasteiger partial charge is 0.359 e. The molecule has 0 unspecified atom stereocenters. The van der Waals surface area contributed by atoms with Crippen molar-refractivity contribution in [2.45, 2.75) is 51.3 Å². The van der Waals surface area contributed by atoms with Gasteiger partial charge in [0.05, 0.1) is 9.79 Å². The van der Waals surface area contributed by atoms with Crippen LogP contribution in [0, 0.1) is 41.5 Å². The third kappa shape index (κ3) is 3.36. The quantitative estimate of drug-likeness (QED) is 0.330. The van der Waals surface area contributed by atoms with E-state index in [1.807, 2.05) is 13.8 Å². The summed E-state index contributed by atoms with van der Waals surface area (Å²) in [6, 6.07) is 5.86. The van der Waals surface area contributed by atoms with Crippen molar-refractivity contribution in [2.24, 2.45) is 0 Å². The first-order valence-electron chi connectivity index (χ1n) is 8.23. The summed E-state index contributed by atoms with van der Waals surface area (Å²) >= 11 is 0. The van der Waals surface area contributed by atoms with Gasteiger partial charge in [-0.05, 0) is 87.1 Å². The monoisotopic (exact) mass is 406 g/mol. The zero-order valence-corrected chi connectivity index (χ0v) is 17.8. The molecule has 0 amide bonds. The summed E-state index contributed by atoms with van der Waals surface area (Å²) in [5.74, 6) is 0. The van der Waals surface area contributed by atoms with E-state index >= 15 is 0 Å². The lowest BCUT2D eigenvalue weighted by Crippen LogP contribution is -2.27. The van der Waals surface area contributed by atoms with Crippen LogP contribution in [0.4, 0.5) is 0 Å². The van der Waals surface area contributed by atoms with Gasteiger partial charge in [0.25, 0.3) is 19.7 Å². The first-order chi connectivity index (χ1) is 12.4. The summed E-state index contributed by atoms with van der Waals surface area (Å²) in [4.78, 5) is 2.33. The number of aryl methyl sites for hydroxylation is 2. The highest BCUT2D eigenvalue weighted by molar-refractivity contribution is 8.31. The summed E-state index contributed by atoms with van der Waals surface area (Å²) in [6.07, 6.45) is 0. The molecule has 0 aliphatic carbocycles. The first kappa shape index (κ1) is 21.0. The number of sulfone groups is 2. The topological polar surface area (TPSA) is 105 Å². The average Bonchev–Trinajstić information content (AvgIpc) is 2.57. The zero-order chi connectivity index (χ0) is 20.7. The standard InChI is InChI=1S/C19H22N2O4S2/c1-11-7-9-17(15(5)13(11)3)26(22,23)19(21-20)27(24,25)18-10-8-12(2)14(4)16(18)6/h7-10H,1-6H3. The molecule has 0 aliphatic heterocycles. The minimum absolute atomic E-state index is 0.191. The van der Waals surface area contributed by atoms with Crippen LogP contribution in [0.1, 0.15) is 33.4 Å². The van der Waals surface area contributed by atoms with E-state index in [1.54, 1.807) is 39.8 Å². The van der Waals surface area contributed by atoms with Crippen LogP contribution >= 0.6 is 0 Å². The molecule has 0 fully saturated rings. The number of rotatable bonds is 2. The molecule has 2 aromatic carbocycles. The van der Waals surface area contributed by atoms with Crippen molar-refractivity contribution in [1.29, 1.82) is 0 Å². The van der Waals surface area contributed by atoms with Gasteiger partial charge in [-0.3, -0.25) is 0 Å². The number of nitrogens with zero attached hydrogens (tertiary/aromatic N) is 2.